The summed E-state index contributed by atoms with van der Waals surface area (Å²) in [4.78, 5) is 14.8. The van der Waals surface area contributed by atoms with E-state index in [4.69, 9.17) is 10.4 Å². The lowest BCUT2D eigenvalue weighted by Gasteiger charge is -2.15. The number of nitrogens with one attached hydrogen (secondary N) is 1. The molecule has 17 heavy (non-hydrogen) atoms. The first kappa shape index (κ1) is 13.0. The summed E-state index contributed by atoms with van der Waals surface area (Å²) >= 11 is 0. The van der Waals surface area contributed by atoms with Gasteiger partial charge in [-0.15, -0.1) is 0 Å². The van der Waals surface area contributed by atoms with Crippen LogP contribution in [0.1, 0.15) is 30.2 Å². The van der Waals surface area contributed by atoms with Crippen LogP contribution >= 0.6 is 0 Å². The minimum atomic E-state index is -0.882. The maximum absolute atomic E-state index is 10.6. The minimum absolute atomic E-state index is 0.0143. The fourth-order valence-electron chi connectivity index (χ4n) is 1.63. The van der Waals surface area contributed by atoms with Gasteiger partial charge in [-0.3, -0.25) is 4.79 Å². The molecule has 0 aliphatic heterocycles. The largest absolute Gasteiger partial charge is 0.481 e. The molecule has 1 heterocycles. The molecular formula is C12H15N3O2. The van der Waals surface area contributed by atoms with Gasteiger partial charge in [0.2, 0.25) is 0 Å². The van der Waals surface area contributed by atoms with Gasteiger partial charge < -0.3 is 10.4 Å². The average Bonchev–Trinajstić information content (AvgIpc) is 2.15. The van der Waals surface area contributed by atoms with Crippen molar-refractivity contribution >= 4 is 11.8 Å². The lowest BCUT2D eigenvalue weighted by molar-refractivity contribution is -0.137. The predicted molar refractivity (Wildman–Crippen MR) is 63.8 cm³/mol. The summed E-state index contributed by atoms with van der Waals surface area (Å²) in [6.07, 6.45) is -0.0143. The van der Waals surface area contributed by atoms with Crippen LogP contribution in [-0.2, 0) is 4.79 Å². The highest BCUT2D eigenvalue weighted by atomic mass is 16.4. The van der Waals surface area contributed by atoms with E-state index in [-0.39, 0.29) is 12.5 Å². The second-order valence-corrected chi connectivity index (χ2v) is 4.06. The van der Waals surface area contributed by atoms with Crippen LogP contribution in [0.4, 0.5) is 5.82 Å². The maximum Gasteiger partial charge on any atom is 0.305 e. The number of carbonyl (C=O) groups is 1. The summed E-state index contributed by atoms with van der Waals surface area (Å²) in [6, 6.07) is 3.63. The smallest absolute Gasteiger partial charge is 0.305 e. The number of aliphatic carboxylic acids is 1. The molecule has 0 aliphatic rings. The van der Waals surface area contributed by atoms with E-state index in [1.54, 1.807) is 6.92 Å². The summed E-state index contributed by atoms with van der Waals surface area (Å²) in [5.41, 5.74) is 2.10. The zero-order chi connectivity index (χ0) is 13.0. The Morgan fingerprint density at radius 1 is 1.65 bits per heavy atom. The van der Waals surface area contributed by atoms with E-state index in [2.05, 4.69) is 16.4 Å². The number of nitrogens with zero attached hydrogens (tertiary/aromatic N) is 2. The van der Waals surface area contributed by atoms with Crippen LogP contribution in [0, 0.1) is 25.2 Å². The van der Waals surface area contributed by atoms with E-state index >= 15 is 0 Å². The summed E-state index contributed by atoms with van der Waals surface area (Å²) in [5.74, 6) is -0.424. The highest BCUT2D eigenvalue weighted by Gasteiger charge is 2.13. The van der Waals surface area contributed by atoms with Gasteiger partial charge in [0.15, 0.2) is 0 Å². The zero-order valence-electron chi connectivity index (χ0n) is 10.1. The van der Waals surface area contributed by atoms with Crippen LogP contribution in [-0.4, -0.2) is 22.1 Å². The Bertz CT molecular complexity index is 477. The number of aromatic nitrogens is 1. The number of carboxylic acid groups (broad SMARTS) is 1. The first-order chi connectivity index (χ1) is 7.93. The fourth-order valence-corrected chi connectivity index (χ4v) is 1.63. The van der Waals surface area contributed by atoms with Gasteiger partial charge in [-0.25, -0.2) is 4.98 Å². The summed E-state index contributed by atoms with van der Waals surface area (Å²) in [7, 11) is 0. The van der Waals surface area contributed by atoms with E-state index in [0.29, 0.717) is 11.4 Å². The van der Waals surface area contributed by atoms with Gasteiger partial charge in [0.1, 0.15) is 11.9 Å². The quantitative estimate of drug-likeness (QED) is 0.828. The number of hydrogen-bond donors (Lipinski definition) is 2. The zero-order valence-corrected chi connectivity index (χ0v) is 10.1. The number of hydrogen-bond acceptors (Lipinski definition) is 4. The molecule has 1 unspecified atom stereocenters. The van der Waals surface area contributed by atoms with Crippen molar-refractivity contribution in [3.8, 4) is 6.07 Å². The molecule has 0 bridgehead atoms. The van der Waals surface area contributed by atoms with Crippen molar-refractivity contribution in [3.05, 3.63) is 22.9 Å². The Hall–Kier alpha value is -2.09. The van der Waals surface area contributed by atoms with Crippen LogP contribution in [0.15, 0.2) is 6.07 Å². The highest BCUT2D eigenvalue weighted by Crippen LogP contribution is 2.18. The van der Waals surface area contributed by atoms with E-state index < -0.39 is 5.97 Å². The molecule has 5 nitrogen and oxygen atoms in total. The molecule has 2 N–H and O–H groups in total. The molecular weight excluding hydrogens is 218 g/mol. The summed E-state index contributed by atoms with van der Waals surface area (Å²) < 4.78 is 0. The van der Waals surface area contributed by atoms with Crippen LogP contribution in [0.5, 0.6) is 0 Å². The first-order valence-electron chi connectivity index (χ1n) is 5.30. The molecule has 0 fully saturated rings. The molecule has 0 saturated carbocycles. The van der Waals surface area contributed by atoms with Crippen LogP contribution < -0.4 is 5.32 Å². The van der Waals surface area contributed by atoms with E-state index in [1.807, 2.05) is 19.9 Å². The molecule has 90 valence electrons. The van der Waals surface area contributed by atoms with Crippen LogP contribution in [0.3, 0.4) is 0 Å². The van der Waals surface area contributed by atoms with Gasteiger partial charge >= 0.3 is 5.97 Å². The molecule has 0 saturated heterocycles. The molecule has 0 spiro atoms. The van der Waals surface area contributed by atoms with Crippen molar-refractivity contribution in [1.82, 2.24) is 4.98 Å². The summed E-state index contributed by atoms with van der Waals surface area (Å²) in [5, 5.41) is 20.7. The SMILES string of the molecule is Cc1cc(C)c(C#N)c(NC(C)CC(=O)O)n1. The Kier molecular flexibility index (Phi) is 4.05. The molecule has 1 aromatic heterocycles. The normalized spacial score (nSPS) is 11.6. The molecule has 0 aliphatic carbocycles. The van der Waals surface area contributed by atoms with Gasteiger partial charge in [-0.05, 0) is 32.4 Å². The molecule has 0 radical (unpaired) electrons. The van der Waals surface area contributed by atoms with Gasteiger partial charge in [-0.2, -0.15) is 5.26 Å². The van der Waals surface area contributed by atoms with Crippen molar-refractivity contribution < 1.29 is 9.90 Å². The molecule has 0 amide bonds. The third-order valence-electron chi connectivity index (χ3n) is 2.32. The number of nitriles is 1. The Morgan fingerprint density at radius 3 is 2.82 bits per heavy atom. The van der Waals surface area contributed by atoms with E-state index in [0.717, 1.165) is 11.3 Å². The lowest BCUT2D eigenvalue weighted by atomic mass is 10.1. The summed E-state index contributed by atoms with van der Waals surface area (Å²) in [6.45, 7) is 5.41. The predicted octanol–water partition coefficient (Wildman–Crippen LogP) is 1.85. The molecule has 1 atom stereocenters. The van der Waals surface area contributed by atoms with Crippen LogP contribution in [0.25, 0.3) is 0 Å². The maximum atomic E-state index is 10.6. The molecule has 1 rings (SSSR count). The number of pyridine rings is 1. The van der Waals surface area contributed by atoms with E-state index in [1.165, 1.54) is 0 Å². The third-order valence-corrected chi connectivity index (χ3v) is 2.32. The van der Waals surface area contributed by atoms with Gasteiger partial charge in [0.25, 0.3) is 0 Å². The van der Waals surface area contributed by atoms with Crippen molar-refractivity contribution in [3.63, 3.8) is 0 Å². The lowest BCUT2D eigenvalue weighted by Crippen LogP contribution is -2.21. The first-order valence-corrected chi connectivity index (χ1v) is 5.30. The average molecular weight is 233 g/mol. The van der Waals surface area contributed by atoms with Crippen LogP contribution in [0.2, 0.25) is 0 Å². The molecule has 5 heteroatoms. The topological polar surface area (TPSA) is 86.0 Å². The van der Waals surface area contributed by atoms with Gasteiger partial charge in [0, 0.05) is 11.7 Å². The third kappa shape index (κ3) is 3.45. The Balaban J connectivity index is 2.98. The molecule has 0 aromatic carbocycles. The minimum Gasteiger partial charge on any atom is -0.481 e. The number of anilines is 1. The van der Waals surface area contributed by atoms with Gasteiger partial charge in [-0.1, -0.05) is 0 Å². The second-order valence-electron chi connectivity index (χ2n) is 4.06. The Morgan fingerprint density at radius 2 is 2.29 bits per heavy atom. The fraction of sp³-hybridized carbons (Fsp3) is 0.417. The van der Waals surface area contributed by atoms with Crippen molar-refractivity contribution in [2.24, 2.45) is 0 Å². The Labute approximate surface area is 100 Å². The van der Waals surface area contributed by atoms with Crippen molar-refractivity contribution in [1.29, 1.82) is 5.26 Å². The van der Waals surface area contributed by atoms with E-state index in [9.17, 15) is 4.79 Å². The second kappa shape index (κ2) is 5.30. The molecule has 1 aromatic rings. The highest BCUT2D eigenvalue weighted by molar-refractivity contribution is 5.68. The number of carboxylic acids is 1. The van der Waals surface area contributed by atoms with Gasteiger partial charge in [0.05, 0.1) is 12.0 Å². The number of rotatable bonds is 4. The van der Waals surface area contributed by atoms with Crippen molar-refractivity contribution in [2.45, 2.75) is 33.2 Å². The van der Waals surface area contributed by atoms with Crippen molar-refractivity contribution in [2.75, 3.05) is 5.32 Å². The monoisotopic (exact) mass is 233 g/mol. The number of aryl methyl sites for hydroxylation is 2. The standard InChI is InChI=1S/C12H15N3O2/c1-7-4-8(2)14-12(10(7)6-13)15-9(3)5-11(16)17/h4,9H,5H2,1-3H3,(H,14,15)(H,16,17).